The SMILES string of the molecule is O=C(O)CCNC(c1ccccc1)c1ccco1. The zero-order valence-electron chi connectivity index (χ0n) is 9.87. The first-order valence-corrected chi connectivity index (χ1v) is 5.81. The monoisotopic (exact) mass is 245 g/mol. The zero-order valence-corrected chi connectivity index (χ0v) is 9.87. The minimum absolute atomic E-state index is 0.0873. The van der Waals surface area contributed by atoms with Crippen LogP contribution in [0.1, 0.15) is 23.8 Å². The summed E-state index contributed by atoms with van der Waals surface area (Å²) in [5, 5.41) is 11.9. The molecule has 2 rings (SSSR count). The Morgan fingerprint density at radius 1 is 1.22 bits per heavy atom. The fraction of sp³-hybridized carbons (Fsp3) is 0.214. The minimum Gasteiger partial charge on any atom is -0.481 e. The molecule has 0 aliphatic rings. The smallest absolute Gasteiger partial charge is 0.304 e. The predicted molar refractivity (Wildman–Crippen MR) is 67.2 cm³/mol. The molecule has 1 heterocycles. The van der Waals surface area contributed by atoms with Crippen LogP contribution < -0.4 is 5.32 Å². The maximum absolute atomic E-state index is 10.5. The second-order valence-electron chi connectivity index (χ2n) is 3.96. The lowest BCUT2D eigenvalue weighted by molar-refractivity contribution is -0.136. The quantitative estimate of drug-likeness (QED) is 0.820. The molecule has 4 nitrogen and oxygen atoms in total. The average Bonchev–Trinajstić information content (AvgIpc) is 2.89. The van der Waals surface area contributed by atoms with Gasteiger partial charge in [-0.25, -0.2) is 0 Å². The predicted octanol–water partition coefficient (Wildman–Crippen LogP) is 2.43. The molecule has 18 heavy (non-hydrogen) atoms. The van der Waals surface area contributed by atoms with Crippen molar-refractivity contribution in [2.24, 2.45) is 0 Å². The molecule has 1 aromatic heterocycles. The molecular weight excluding hydrogens is 230 g/mol. The summed E-state index contributed by atoms with van der Waals surface area (Å²) in [6, 6.07) is 13.4. The van der Waals surface area contributed by atoms with E-state index >= 15 is 0 Å². The average molecular weight is 245 g/mol. The normalized spacial score (nSPS) is 12.2. The van der Waals surface area contributed by atoms with E-state index in [4.69, 9.17) is 9.52 Å². The van der Waals surface area contributed by atoms with E-state index in [2.05, 4.69) is 5.32 Å². The first-order valence-electron chi connectivity index (χ1n) is 5.81. The van der Waals surface area contributed by atoms with Gasteiger partial charge in [0.15, 0.2) is 0 Å². The second kappa shape index (κ2) is 6.02. The van der Waals surface area contributed by atoms with Crippen molar-refractivity contribution in [1.29, 1.82) is 0 Å². The van der Waals surface area contributed by atoms with E-state index in [0.29, 0.717) is 6.54 Å². The van der Waals surface area contributed by atoms with Gasteiger partial charge in [-0.05, 0) is 17.7 Å². The summed E-state index contributed by atoms with van der Waals surface area (Å²) in [5.41, 5.74) is 1.05. The largest absolute Gasteiger partial charge is 0.481 e. The van der Waals surface area contributed by atoms with Gasteiger partial charge in [-0.3, -0.25) is 4.79 Å². The van der Waals surface area contributed by atoms with Crippen LogP contribution >= 0.6 is 0 Å². The molecule has 0 bridgehead atoms. The van der Waals surface area contributed by atoms with Crippen molar-refractivity contribution in [2.45, 2.75) is 12.5 Å². The summed E-state index contributed by atoms with van der Waals surface area (Å²) in [7, 11) is 0. The van der Waals surface area contributed by atoms with Crippen LogP contribution in [0.15, 0.2) is 53.1 Å². The number of aliphatic carboxylic acids is 1. The zero-order chi connectivity index (χ0) is 12.8. The lowest BCUT2D eigenvalue weighted by Crippen LogP contribution is -2.24. The topological polar surface area (TPSA) is 62.5 Å². The third-order valence-electron chi connectivity index (χ3n) is 2.65. The number of hydrogen-bond acceptors (Lipinski definition) is 3. The highest BCUT2D eigenvalue weighted by Crippen LogP contribution is 2.22. The van der Waals surface area contributed by atoms with Gasteiger partial charge in [0, 0.05) is 6.54 Å². The highest BCUT2D eigenvalue weighted by Gasteiger charge is 2.15. The molecule has 94 valence electrons. The Balaban J connectivity index is 2.11. The fourth-order valence-corrected chi connectivity index (χ4v) is 1.81. The minimum atomic E-state index is -0.811. The molecule has 0 fully saturated rings. The molecule has 0 radical (unpaired) electrons. The van der Waals surface area contributed by atoms with Crippen LogP contribution in [-0.4, -0.2) is 17.6 Å². The summed E-state index contributed by atoms with van der Waals surface area (Å²) in [4.78, 5) is 10.5. The summed E-state index contributed by atoms with van der Waals surface area (Å²) >= 11 is 0. The van der Waals surface area contributed by atoms with Crippen molar-refractivity contribution < 1.29 is 14.3 Å². The van der Waals surface area contributed by atoms with E-state index in [-0.39, 0.29) is 12.5 Å². The van der Waals surface area contributed by atoms with Gasteiger partial charge >= 0.3 is 5.97 Å². The number of carbonyl (C=O) groups is 1. The lowest BCUT2D eigenvalue weighted by Gasteiger charge is -2.16. The van der Waals surface area contributed by atoms with Gasteiger partial charge in [0.2, 0.25) is 0 Å². The number of nitrogens with one attached hydrogen (secondary N) is 1. The van der Waals surface area contributed by atoms with E-state index in [0.717, 1.165) is 11.3 Å². The van der Waals surface area contributed by atoms with Crippen LogP contribution in [0.3, 0.4) is 0 Å². The third-order valence-corrected chi connectivity index (χ3v) is 2.65. The molecule has 1 atom stereocenters. The highest BCUT2D eigenvalue weighted by atomic mass is 16.4. The molecule has 0 amide bonds. The van der Waals surface area contributed by atoms with E-state index in [1.54, 1.807) is 6.26 Å². The second-order valence-corrected chi connectivity index (χ2v) is 3.96. The van der Waals surface area contributed by atoms with Crippen LogP contribution in [0.5, 0.6) is 0 Å². The molecule has 1 unspecified atom stereocenters. The molecular formula is C14H15NO3. The van der Waals surface area contributed by atoms with Crippen molar-refractivity contribution in [2.75, 3.05) is 6.54 Å². The van der Waals surface area contributed by atoms with Crippen molar-refractivity contribution in [1.82, 2.24) is 5.32 Å². The lowest BCUT2D eigenvalue weighted by atomic mass is 10.0. The highest BCUT2D eigenvalue weighted by molar-refractivity contribution is 5.66. The van der Waals surface area contributed by atoms with Crippen LogP contribution in [0.2, 0.25) is 0 Å². The van der Waals surface area contributed by atoms with Crippen molar-refractivity contribution in [3.63, 3.8) is 0 Å². The number of furan rings is 1. The molecule has 0 aliphatic heterocycles. The first kappa shape index (κ1) is 12.4. The summed E-state index contributed by atoms with van der Waals surface area (Å²) < 4.78 is 5.40. The maximum Gasteiger partial charge on any atom is 0.304 e. The molecule has 2 N–H and O–H groups in total. The maximum atomic E-state index is 10.5. The van der Waals surface area contributed by atoms with E-state index in [1.165, 1.54) is 0 Å². The Hall–Kier alpha value is -2.07. The summed E-state index contributed by atoms with van der Waals surface area (Å²) in [5.74, 6) is -0.0275. The van der Waals surface area contributed by atoms with Crippen LogP contribution in [0, 0.1) is 0 Å². The van der Waals surface area contributed by atoms with Crippen LogP contribution in [0.4, 0.5) is 0 Å². The van der Waals surface area contributed by atoms with E-state index in [9.17, 15) is 4.79 Å². The molecule has 2 aromatic rings. The number of benzene rings is 1. The Morgan fingerprint density at radius 3 is 2.61 bits per heavy atom. The Labute approximate surface area is 105 Å². The molecule has 0 saturated heterocycles. The standard InChI is InChI=1S/C14H15NO3/c16-13(17)8-9-15-14(12-7-4-10-18-12)11-5-2-1-3-6-11/h1-7,10,14-15H,8-9H2,(H,16,17). The van der Waals surface area contributed by atoms with Gasteiger partial charge in [0.1, 0.15) is 5.76 Å². The van der Waals surface area contributed by atoms with Gasteiger partial charge in [-0.1, -0.05) is 30.3 Å². The van der Waals surface area contributed by atoms with Crippen LogP contribution in [-0.2, 0) is 4.79 Å². The van der Waals surface area contributed by atoms with Gasteiger partial charge < -0.3 is 14.8 Å². The Bertz CT molecular complexity index is 479. The Kier molecular flexibility index (Phi) is 4.15. The van der Waals surface area contributed by atoms with Gasteiger partial charge in [0.05, 0.1) is 18.7 Å². The number of carboxylic acid groups (broad SMARTS) is 1. The summed E-state index contributed by atoms with van der Waals surface area (Å²) in [6.07, 6.45) is 1.70. The third kappa shape index (κ3) is 3.21. The molecule has 1 aromatic carbocycles. The van der Waals surface area contributed by atoms with E-state index < -0.39 is 5.97 Å². The number of hydrogen-bond donors (Lipinski definition) is 2. The van der Waals surface area contributed by atoms with Crippen LogP contribution in [0.25, 0.3) is 0 Å². The molecule has 4 heteroatoms. The van der Waals surface area contributed by atoms with Gasteiger partial charge in [-0.2, -0.15) is 0 Å². The molecule has 0 spiro atoms. The number of carboxylic acids is 1. The molecule has 0 aliphatic carbocycles. The van der Waals surface area contributed by atoms with Gasteiger partial charge in [0.25, 0.3) is 0 Å². The number of rotatable bonds is 6. The van der Waals surface area contributed by atoms with Crippen molar-refractivity contribution in [3.05, 3.63) is 60.1 Å². The first-order chi connectivity index (χ1) is 8.77. The van der Waals surface area contributed by atoms with Gasteiger partial charge in [-0.15, -0.1) is 0 Å². The van der Waals surface area contributed by atoms with E-state index in [1.807, 2.05) is 42.5 Å². The molecule has 0 saturated carbocycles. The summed E-state index contributed by atoms with van der Waals surface area (Å²) in [6.45, 7) is 0.398. The fourth-order valence-electron chi connectivity index (χ4n) is 1.81. The van der Waals surface area contributed by atoms with Crippen molar-refractivity contribution >= 4 is 5.97 Å². The van der Waals surface area contributed by atoms with Crippen molar-refractivity contribution in [3.8, 4) is 0 Å². The Morgan fingerprint density at radius 2 is 2.00 bits per heavy atom.